The van der Waals surface area contributed by atoms with Crippen LogP contribution in [0.25, 0.3) is 6.08 Å². The number of methoxy groups -OCH3 is 1. The maximum Gasteiger partial charge on any atom is 0.330 e. The van der Waals surface area contributed by atoms with Crippen LogP contribution in [0.3, 0.4) is 0 Å². The Balaban J connectivity index is 0.000000385. The Morgan fingerprint density at radius 1 is 0.930 bits per heavy atom. The number of carbonyl (C=O) groups is 4. The number of anilines is 1. The van der Waals surface area contributed by atoms with E-state index in [0.29, 0.717) is 27.5 Å². The number of esters is 1. The Kier molecular flexibility index (Phi) is 13.4. The van der Waals surface area contributed by atoms with Crippen LogP contribution in [-0.2, 0) is 32.0 Å². The molecule has 43 heavy (non-hydrogen) atoms. The third-order valence-corrected chi connectivity index (χ3v) is 6.13. The topological polar surface area (TPSA) is 194 Å². The molecule has 7 N–H and O–H groups in total. The third-order valence-electron chi connectivity index (χ3n) is 5.80. The van der Waals surface area contributed by atoms with Gasteiger partial charge < -0.3 is 31.7 Å². The van der Waals surface area contributed by atoms with E-state index in [1.54, 1.807) is 42.5 Å². The van der Waals surface area contributed by atoms with Gasteiger partial charge in [-0.2, -0.15) is 0 Å². The number of hydrogen-bond donors (Lipinski definition) is 5. The minimum Gasteiger partial charge on any atom is -0.481 e. The molecule has 0 unspecified atom stereocenters. The zero-order valence-electron chi connectivity index (χ0n) is 23.7. The number of halogens is 1. The van der Waals surface area contributed by atoms with Gasteiger partial charge in [-0.25, -0.2) is 9.79 Å². The summed E-state index contributed by atoms with van der Waals surface area (Å²) in [6, 6.07) is 17.1. The number of rotatable bonds is 11. The number of nitrogens with one attached hydrogen (secondary N) is 1. The number of benzene rings is 3. The van der Waals surface area contributed by atoms with Gasteiger partial charge in [-0.05, 0) is 84.5 Å². The van der Waals surface area contributed by atoms with Gasteiger partial charge in [0, 0.05) is 35.2 Å². The van der Waals surface area contributed by atoms with Gasteiger partial charge in [-0.15, -0.1) is 0 Å². The van der Waals surface area contributed by atoms with E-state index in [1.165, 1.54) is 19.3 Å². The van der Waals surface area contributed by atoms with E-state index in [2.05, 4.69) is 15.0 Å². The van der Waals surface area contributed by atoms with Crippen molar-refractivity contribution in [3.05, 3.63) is 99.6 Å². The van der Waals surface area contributed by atoms with Crippen LogP contribution in [0.4, 0.5) is 11.4 Å². The van der Waals surface area contributed by atoms with Crippen molar-refractivity contribution in [2.75, 3.05) is 12.4 Å². The largest absolute Gasteiger partial charge is 0.481 e. The standard InChI is InChI=1S/C20H22N4O5.C11H11ClO2/c21-20(22)24-15-3-1-2-14(11-15)19(29)23-16-7-4-12(5-8-17(25)26)13(10-16)6-9-18(27)28;1-8-3-4-9(10(12)7-8)5-6-11(13)14-2/h1-4,7,10-11H,5-6,8-9H2,(H,23,29)(H,25,26)(H,27,28)(H4,21,22,24);3-7H,1-2H3/b;6-5+. The van der Waals surface area contributed by atoms with Gasteiger partial charge in [-0.1, -0.05) is 35.9 Å². The molecule has 0 aromatic heterocycles. The molecule has 0 saturated carbocycles. The second-order valence-electron chi connectivity index (χ2n) is 9.19. The van der Waals surface area contributed by atoms with Gasteiger partial charge in [-0.3, -0.25) is 14.4 Å². The summed E-state index contributed by atoms with van der Waals surface area (Å²) >= 11 is 5.95. The van der Waals surface area contributed by atoms with Gasteiger partial charge >= 0.3 is 17.9 Å². The summed E-state index contributed by atoms with van der Waals surface area (Å²) in [5.74, 6) is -2.79. The zero-order valence-corrected chi connectivity index (χ0v) is 24.4. The SMILES string of the molecule is COC(=O)/C=C/c1ccc(C)cc1Cl.NC(N)=Nc1cccc(C(=O)Nc2ccc(CCC(=O)O)c(CCC(=O)O)c2)c1. The molecular formula is C31H33ClN4O7. The van der Waals surface area contributed by atoms with E-state index in [1.807, 2.05) is 25.1 Å². The molecule has 1 amide bonds. The van der Waals surface area contributed by atoms with Crippen molar-refractivity contribution in [1.82, 2.24) is 0 Å². The smallest absolute Gasteiger partial charge is 0.330 e. The summed E-state index contributed by atoms with van der Waals surface area (Å²) in [6.45, 7) is 1.96. The van der Waals surface area contributed by atoms with Gasteiger partial charge in [0.2, 0.25) is 0 Å². The van der Waals surface area contributed by atoms with Gasteiger partial charge in [0.05, 0.1) is 12.8 Å². The Morgan fingerprint density at radius 2 is 1.60 bits per heavy atom. The molecule has 0 aliphatic rings. The first-order valence-electron chi connectivity index (χ1n) is 13.0. The molecular weight excluding hydrogens is 576 g/mol. The van der Waals surface area contributed by atoms with E-state index >= 15 is 0 Å². The number of aliphatic carboxylic acids is 2. The number of aliphatic imine (C=N–C) groups is 1. The maximum absolute atomic E-state index is 12.5. The predicted molar refractivity (Wildman–Crippen MR) is 165 cm³/mol. The second kappa shape index (κ2) is 16.9. The quantitative estimate of drug-likeness (QED) is 0.0886. The van der Waals surface area contributed by atoms with Gasteiger partial charge in [0.25, 0.3) is 5.91 Å². The van der Waals surface area contributed by atoms with Crippen LogP contribution in [0.15, 0.2) is 71.7 Å². The van der Waals surface area contributed by atoms with E-state index in [-0.39, 0.29) is 43.5 Å². The van der Waals surface area contributed by atoms with Crippen LogP contribution in [-0.4, -0.2) is 47.1 Å². The number of carbonyl (C=O) groups excluding carboxylic acids is 2. The summed E-state index contributed by atoms with van der Waals surface area (Å²) in [5, 5.41) is 21.2. The first-order valence-corrected chi connectivity index (χ1v) is 13.3. The lowest BCUT2D eigenvalue weighted by molar-refractivity contribution is -0.138. The van der Waals surface area contributed by atoms with Crippen molar-refractivity contribution in [2.24, 2.45) is 16.5 Å². The number of carboxylic acid groups (broad SMARTS) is 2. The van der Waals surface area contributed by atoms with E-state index in [9.17, 15) is 19.2 Å². The first kappa shape index (κ1) is 34.0. The molecule has 0 spiro atoms. The molecule has 226 valence electrons. The highest BCUT2D eigenvalue weighted by Gasteiger charge is 2.12. The molecule has 3 aromatic carbocycles. The molecule has 3 aromatic rings. The van der Waals surface area contributed by atoms with Crippen molar-refractivity contribution in [2.45, 2.75) is 32.6 Å². The van der Waals surface area contributed by atoms with Crippen molar-refractivity contribution in [3.63, 3.8) is 0 Å². The highest BCUT2D eigenvalue weighted by atomic mass is 35.5. The molecule has 0 aliphatic carbocycles. The van der Waals surface area contributed by atoms with Crippen LogP contribution >= 0.6 is 11.6 Å². The molecule has 12 heteroatoms. The lowest BCUT2D eigenvalue weighted by atomic mass is 9.98. The molecule has 3 rings (SSSR count). The number of nitrogens with zero attached hydrogens (tertiary/aromatic N) is 1. The van der Waals surface area contributed by atoms with Gasteiger partial charge in [0.1, 0.15) is 0 Å². The third kappa shape index (κ3) is 12.5. The Bertz CT molecular complexity index is 1530. The molecule has 0 radical (unpaired) electrons. The van der Waals surface area contributed by atoms with E-state index < -0.39 is 11.9 Å². The van der Waals surface area contributed by atoms with Crippen molar-refractivity contribution >= 4 is 58.8 Å². The average Bonchev–Trinajstić information content (AvgIpc) is 2.95. The summed E-state index contributed by atoms with van der Waals surface area (Å²) in [4.78, 5) is 49.0. The number of nitrogens with two attached hydrogens (primary N) is 2. The lowest BCUT2D eigenvalue weighted by Crippen LogP contribution is -2.22. The number of amides is 1. The van der Waals surface area contributed by atoms with E-state index in [4.69, 9.17) is 33.3 Å². The Hall–Kier alpha value is -5.16. The maximum atomic E-state index is 12.5. The van der Waals surface area contributed by atoms with Crippen LogP contribution in [0, 0.1) is 6.92 Å². The molecule has 0 aliphatic heterocycles. The average molecular weight is 609 g/mol. The summed E-state index contributed by atoms with van der Waals surface area (Å²) in [6.07, 6.45) is 3.32. The van der Waals surface area contributed by atoms with Crippen LogP contribution in [0.5, 0.6) is 0 Å². The number of carboxylic acids is 2. The minimum atomic E-state index is -0.958. The summed E-state index contributed by atoms with van der Waals surface area (Å²) in [5.41, 5.74) is 15.3. The normalized spacial score (nSPS) is 10.3. The van der Waals surface area contributed by atoms with Crippen molar-refractivity contribution < 1.29 is 34.1 Å². The Morgan fingerprint density at radius 3 is 2.21 bits per heavy atom. The fraction of sp³-hybridized carbons (Fsp3) is 0.194. The highest BCUT2D eigenvalue weighted by Crippen LogP contribution is 2.22. The molecule has 0 atom stereocenters. The fourth-order valence-corrected chi connectivity index (χ4v) is 4.02. The van der Waals surface area contributed by atoms with E-state index in [0.717, 1.165) is 16.7 Å². The molecule has 0 fully saturated rings. The number of ether oxygens (including phenoxy) is 1. The van der Waals surface area contributed by atoms with Crippen LogP contribution in [0.2, 0.25) is 5.02 Å². The summed E-state index contributed by atoms with van der Waals surface area (Å²) in [7, 11) is 1.34. The van der Waals surface area contributed by atoms with Crippen LogP contribution in [0.1, 0.15) is 45.5 Å². The molecule has 0 saturated heterocycles. The molecule has 11 nitrogen and oxygen atoms in total. The molecule has 0 heterocycles. The van der Waals surface area contributed by atoms with Crippen molar-refractivity contribution in [1.29, 1.82) is 0 Å². The number of aryl methyl sites for hydroxylation is 3. The van der Waals surface area contributed by atoms with Crippen molar-refractivity contribution in [3.8, 4) is 0 Å². The first-order chi connectivity index (χ1) is 20.4. The summed E-state index contributed by atoms with van der Waals surface area (Å²) < 4.78 is 4.47. The highest BCUT2D eigenvalue weighted by molar-refractivity contribution is 6.32. The lowest BCUT2D eigenvalue weighted by Gasteiger charge is -2.12. The predicted octanol–water partition coefficient (Wildman–Crippen LogP) is 4.71. The number of hydrogen-bond acceptors (Lipinski definition) is 6. The zero-order chi connectivity index (χ0) is 31.9. The minimum absolute atomic E-state index is 0.0661. The second-order valence-corrected chi connectivity index (χ2v) is 9.60. The number of guanidine groups is 1. The Labute approximate surface area is 253 Å². The molecule has 0 bridgehead atoms. The van der Waals surface area contributed by atoms with Gasteiger partial charge in [0.15, 0.2) is 5.96 Å². The monoisotopic (exact) mass is 608 g/mol. The fourth-order valence-electron chi connectivity index (χ4n) is 3.73. The van der Waals surface area contributed by atoms with Crippen LogP contribution < -0.4 is 16.8 Å².